The maximum absolute atomic E-state index is 13.7. The summed E-state index contributed by atoms with van der Waals surface area (Å²) in [6.45, 7) is 5.81. The second-order valence-corrected chi connectivity index (χ2v) is 15.8. The third-order valence-corrected chi connectivity index (χ3v) is 10.6. The number of unbranched alkanes of at least 4 members (excludes halogenated alkanes) is 2. The van der Waals surface area contributed by atoms with Gasteiger partial charge in [0.2, 0.25) is 0 Å². The summed E-state index contributed by atoms with van der Waals surface area (Å²) in [6.07, 6.45) is 2.77. The van der Waals surface area contributed by atoms with Crippen molar-refractivity contribution in [3.63, 3.8) is 0 Å². The average Bonchev–Trinajstić information content (AvgIpc) is 3.52. The molecule has 0 aliphatic carbocycles. The van der Waals surface area contributed by atoms with E-state index in [1.165, 1.54) is 24.3 Å². The van der Waals surface area contributed by atoms with Crippen LogP contribution in [0.4, 0.5) is 21.0 Å². The van der Waals surface area contributed by atoms with E-state index in [-0.39, 0.29) is 58.2 Å². The zero-order chi connectivity index (χ0) is 43.8. The Morgan fingerprint density at radius 2 is 1.20 bits per heavy atom. The first-order valence-electron chi connectivity index (χ1n) is 18.6. The van der Waals surface area contributed by atoms with E-state index in [9.17, 15) is 24.0 Å². The number of carbonyl (C=O) groups excluding carboxylic acids is 5. The zero-order valence-corrected chi connectivity index (χ0v) is 35.7. The first kappa shape index (κ1) is 47.9. The Kier molecular flexibility index (Phi) is 16.2. The van der Waals surface area contributed by atoms with Crippen molar-refractivity contribution in [1.29, 1.82) is 10.5 Å². The van der Waals surface area contributed by atoms with Crippen molar-refractivity contribution < 1.29 is 28.7 Å². The molecule has 2 saturated heterocycles. The lowest BCUT2D eigenvalue weighted by Crippen LogP contribution is -2.49. The van der Waals surface area contributed by atoms with Crippen LogP contribution in [0.5, 0.6) is 0 Å². The molecule has 6 amide bonds. The molecule has 2 unspecified atom stereocenters. The van der Waals surface area contributed by atoms with E-state index in [1.54, 1.807) is 74.2 Å². The summed E-state index contributed by atoms with van der Waals surface area (Å²) in [4.78, 5) is 75.4. The monoisotopic (exact) mass is 906 g/mol. The van der Waals surface area contributed by atoms with Gasteiger partial charge in [-0.3, -0.25) is 14.4 Å². The maximum Gasteiger partial charge on any atom is 0.332 e. The molecule has 2 aromatic heterocycles. The Balaban J connectivity index is 0.000000278. The van der Waals surface area contributed by atoms with Crippen LogP contribution in [-0.2, 0) is 32.0 Å². The van der Waals surface area contributed by atoms with Crippen molar-refractivity contribution in [3.05, 3.63) is 116 Å². The van der Waals surface area contributed by atoms with Gasteiger partial charge in [0.1, 0.15) is 31.7 Å². The molecule has 1 N–H and O–H groups in total. The minimum atomic E-state index is -1.17. The quantitative estimate of drug-likeness (QED) is 0.0586. The molecule has 18 heteroatoms. The van der Waals surface area contributed by atoms with Gasteiger partial charge >= 0.3 is 18.0 Å². The number of hydrogen-bond acceptors (Lipinski definition) is 10. The van der Waals surface area contributed by atoms with Crippen LogP contribution in [0.3, 0.4) is 0 Å². The van der Waals surface area contributed by atoms with Gasteiger partial charge in [0, 0.05) is 25.8 Å². The van der Waals surface area contributed by atoms with Crippen LogP contribution in [0.25, 0.3) is 0 Å². The molecule has 14 nitrogen and oxygen atoms in total. The van der Waals surface area contributed by atoms with Crippen LogP contribution in [0.1, 0.15) is 76.1 Å². The van der Waals surface area contributed by atoms with Gasteiger partial charge in [-0.05, 0) is 93.3 Å². The Hall–Kier alpha value is -5.77. The predicted octanol–water partition coefficient (Wildman–Crippen LogP) is 9.11. The fraction of sp³-hybridized carbons (Fsp3) is 0.326. The molecular formula is C43H42Cl4N8O6. The summed E-state index contributed by atoms with van der Waals surface area (Å²) in [5, 5.41) is 20.9. The van der Waals surface area contributed by atoms with Gasteiger partial charge < -0.3 is 15.0 Å². The molecule has 2 aliphatic rings. The van der Waals surface area contributed by atoms with Gasteiger partial charge in [0.15, 0.2) is 0 Å². The number of rotatable bonds is 13. The number of hydrogen-bond donors (Lipinski definition) is 1. The molecular weight excluding hydrogens is 866 g/mol. The van der Waals surface area contributed by atoms with Crippen molar-refractivity contribution in [2.45, 2.75) is 77.8 Å². The number of urea groups is 2. The maximum atomic E-state index is 13.7. The van der Waals surface area contributed by atoms with E-state index >= 15 is 0 Å². The first-order valence-corrected chi connectivity index (χ1v) is 20.2. The number of pyridine rings is 2. The predicted molar refractivity (Wildman–Crippen MR) is 232 cm³/mol. The number of benzene rings is 2. The van der Waals surface area contributed by atoms with Crippen molar-refractivity contribution >= 4 is 87.6 Å². The van der Waals surface area contributed by atoms with Gasteiger partial charge in [-0.2, -0.15) is 10.5 Å². The number of nitrogens with one attached hydrogen (secondary N) is 1. The highest BCUT2D eigenvalue weighted by atomic mass is 35.5. The second kappa shape index (κ2) is 20.7. The average molecular weight is 909 g/mol. The number of amides is 6. The number of nitriles is 2. The number of anilines is 2. The highest BCUT2D eigenvalue weighted by Gasteiger charge is 2.54. The SMILES string of the molecule is C.CC1(Cc2ccc(C#N)cc2)NC(=O)N(c2cc(Cl)nc(Cl)c2)C1=O.CCOC(=O)CCCCCN1C(=O)N(c2cc(Cl)nc(Cl)c2)C(=O)C1(C)Cc1ccc(C#N)cc1. The Morgan fingerprint density at radius 1 is 0.721 bits per heavy atom. The molecule has 61 heavy (non-hydrogen) atoms. The number of imide groups is 2. The first-order chi connectivity index (χ1) is 28.5. The summed E-state index contributed by atoms with van der Waals surface area (Å²) < 4.78 is 4.95. The summed E-state index contributed by atoms with van der Waals surface area (Å²) >= 11 is 23.8. The standard InChI is InChI=1S/C25H26Cl2N4O4.C17H12Cl2N4O2.CH4/c1-3-35-22(32)7-5-4-6-12-30-24(34)31(19-13-20(26)29-21(27)14-19)23(33)25(30,2)15-17-8-10-18(16-28)11-9-17;1-17(8-10-2-4-11(9-20)5-3-10)15(24)23(16(25)22-17)12-6-13(18)21-14(19)7-12;/h8-11,13-14H,3-7,12,15H2,1-2H3;2-7H,8H2,1H3,(H,22,25);1H4. The molecule has 2 aromatic carbocycles. The molecule has 2 fully saturated rings. The number of halogens is 4. The van der Waals surface area contributed by atoms with Crippen molar-refractivity contribution in [3.8, 4) is 12.1 Å². The number of esters is 1. The van der Waals surface area contributed by atoms with Crippen LogP contribution >= 0.6 is 46.4 Å². The number of aromatic nitrogens is 2. The Bertz CT molecular complexity index is 2350. The minimum absolute atomic E-state index is 0. The molecule has 318 valence electrons. The number of nitrogens with zero attached hydrogens (tertiary/aromatic N) is 7. The van der Waals surface area contributed by atoms with Crippen LogP contribution in [0, 0.1) is 22.7 Å². The third-order valence-electron chi connectivity index (χ3n) is 9.79. The van der Waals surface area contributed by atoms with Gasteiger partial charge in [0.25, 0.3) is 11.8 Å². The molecule has 2 aliphatic heterocycles. The number of carbonyl (C=O) groups is 5. The fourth-order valence-corrected chi connectivity index (χ4v) is 7.76. The normalized spacial score (nSPS) is 18.1. The topological polar surface area (TPSA) is 190 Å². The van der Waals surface area contributed by atoms with E-state index in [0.29, 0.717) is 50.0 Å². The Morgan fingerprint density at radius 3 is 1.67 bits per heavy atom. The van der Waals surface area contributed by atoms with Gasteiger partial charge in [-0.15, -0.1) is 0 Å². The van der Waals surface area contributed by atoms with Crippen LogP contribution < -0.4 is 15.1 Å². The van der Waals surface area contributed by atoms with Crippen molar-refractivity contribution in [1.82, 2.24) is 20.2 Å². The summed E-state index contributed by atoms with van der Waals surface area (Å²) in [5.74, 6) is -1.07. The minimum Gasteiger partial charge on any atom is -0.466 e. The molecule has 0 radical (unpaired) electrons. The van der Waals surface area contributed by atoms with Gasteiger partial charge in [-0.1, -0.05) is 84.5 Å². The van der Waals surface area contributed by atoms with Crippen molar-refractivity contribution in [2.24, 2.45) is 0 Å². The highest BCUT2D eigenvalue weighted by molar-refractivity contribution is 6.34. The van der Waals surface area contributed by atoms with E-state index in [1.807, 2.05) is 6.07 Å². The lowest BCUT2D eigenvalue weighted by molar-refractivity contribution is -0.143. The number of ether oxygens (including phenoxy) is 1. The Labute approximate surface area is 373 Å². The molecule has 0 spiro atoms. The molecule has 0 saturated carbocycles. The zero-order valence-electron chi connectivity index (χ0n) is 32.7. The fourth-order valence-electron chi connectivity index (χ4n) is 6.87. The molecule has 6 rings (SSSR count). The van der Waals surface area contributed by atoms with E-state index < -0.39 is 35.0 Å². The lowest BCUT2D eigenvalue weighted by Gasteiger charge is -2.32. The molecule has 2 atom stereocenters. The van der Waals surface area contributed by atoms with E-state index in [4.69, 9.17) is 61.7 Å². The summed E-state index contributed by atoms with van der Waals surface area (Å²) in [7, 11) is 0. The molecule has 4 aromatic rings. The smallest absolute Gasteiger partial charge is 0.332 e. The third kappa shape index (κ3) is 11.3. The van der Waals surface area contributed by atoms with E-state index in [2.05, 4.69) is 21.4 Å². The molecule has 0 bridgehead atoms. The summed E-state index contributed by atoms with van der Waals surface area (Å²) in [5.41, 5.74) is 0.891. The van der Waals surface area contributed by atoms with Crippen LogP contribution in [0.15, 0.2) is 72.8 Å². The molecule has 4 heterocycles. The van der Waals surface area contributed by atoms with Crippen LogP contribution in [0.2, 0.25) is 20.6 Å². The second-order valence-electron chi connectivity index (χ2n) is 14.3. The van der Waals surface area contributed by atoms with Gasteiger partial charge in [0.05, 0.1) is 41.2 Å². The van der Waals surface area contributed by atoms with E-state index in [0.717, 1.165) is 20.9 Å². The highest BCUT2D eigenvalue weighted by Crippen LogP contribution is 2.37. The van der Waals surface area contributed by atoms with Crippen molar-refractivity contribution in [2.75, 3.05) is 23.0 Å². The summed E-state index contributed by atoms with van der Waals surface area (Å²) in [6, 6.07) is 22.5. The van der Waals surface area contributed by atoms with Crippen LogP contribution in [-0.4, -0.2) is 68.9 Å². The lowest BCUT2D eigenvalue weighted by atomic mass is 9.90. The largest absolute Gasteiger partial charge is 0.466 e. The van der Waals surface area contributed by atoms with Gasteiger partial charge in [-0.25, -0.2) is 29.4 Å².